The van der Waals surface area contributed by atoms with Crippen LogP contribution in [0.3, 0.4) is 0 Å². The minimum atomic E-state index is -0.377. The van der Waals surface area contributed by atoms with E-state index in [9.17, 15) is 14.4 Å². The Morgan fingerprint density at radius 2 is 0.682 bits per heavy atom. The summed E-state index contributed by atoms with van der Waals surface area (Å²) in [5, 5.41) is 0. The van der Waals surface area contributed by atoms with Crippen molar-refractivity contribution in [1.29, 1.82) is 0 Å². The molecule has 5 heteroatoms. The van der Waals surface area contributed by atoms with Gasteiger partial charge in [-0.2, -0.15) is 0 Å². The van der Waals surface area contributed by atoms with Gasteiger partial charge in [0, 0.05) is 33.4 Å². The zero-order valence-electron chi connectivity index (χ0n) is 27.2. The Morgan fingerprint density at radius 1 is 0.409 bits per heavy atom. The maximum atomic E-state index is 13.7. The summed E-state index contributed by atoms with van der Waals surface area (Å²) < 4.78 is 11.8. The Balaban J connectivity index is 1.73. The van der Waals surface area contributed by atoms with Crippen LogP contribution in [0.1, 0.15) is 116 Å². The van der Waals surface area contributed by atoms with Crippen molar-refractivity contribution in [2.75, 3.05) is 0 Å². The normalized spacial score (nSPS) is 12.0. The van der Waals surface area contributed by atoms with Crippen molar-refractivity contribution in [3.05, 3.63) is 130 Å². The van der Waals surface area contributed by atoms with Gasteiger partial charge in [-0.05, 0) is 119 Å². The van der Waals surface area contributed by atoms with E-state index in [-0.39, 0.29) is 50.7 Å². The van der Waals surface area contributed by atoms with E-state index in [1.165, 1.54) is 0 Å². The summed E-state index contributed by atoms with van der Waals surface area (Å²) in [5.41, 5.74) is 2.39. The van der Waals surface area contributed by atoms with Crippen LogP contribution in [0.4, 0.5) is 0 Å². The van der Waals surface area contributed by atoms with Crippen molar-refractivity contribution < 1.29 is 23.9 Å². The van der Waals surface area contributed by atoms with Crippen LogP contribution in [0.25, 0.3) is 0 Å². The van der Waals surface area contributed by atoms with Gasteiger partial charge in [0.1, 0.15) is 22.7 Å². The lowest BCUT2D eigenvalue weighted by Crippen LogP contribution is -2.22. The van der Waals surface area contributed by atoms with Crippen molar-refractivity contribution in [3.63, 3.8) is 0 Å². The molecule has 5 nitrogen and oxygen atoms in total. The molecule has 0 radical (unpaired) electrons. The first-order valence-corrected chi connectivity index (χ1v) is 14.9. The monoisotopic (exact) mass is 590 g/mol. The summed E-state index contributed by atoms with van der Waals surface area (Å²) in [5.74, 6) is 0.427. The molecule has 0 aromatic heterocycles. The maximum absolute atomic E-state index is 13.7. The molecule has 4 aromatic rings. The average molecular weight is 591 g/mol. The van der Waals surface area contributed by atoms with Gasteiger partial charge in [-0.3, -0.25) is 14.4 Å². The molecular weight excluding hydrogens is 548 g/mol. The van der Waals surface area contributed by atoms with E-state index in [4.69, 9.17) is 9.47 Å². The minimum absolute atomic E-state index is 0.0611. The first-order chi connectivity index (χ1) is 20.4. The van der Waals surface area contributed by atoms with Crippen LogP contribution >= 0.6 is 0 Å². The highest BCUT2D eigenvalue weighted by Gasteiger charge is 2.21. The molecule has 0 spiro atoms. The van der Waals surface area contributed by atoms with E-state index in [0.717, 1.165) is 5.56 Å². The Hall–Kier alpha value is -4.51. The first-order valence-electron chi connectivity index (χ1n) is 14.9. The fourth-order valence-electron chi connectivity index (χ4n) is 4.70. The zero-order valence-corrected chi connectivity index (χ0v) is 27.2. The van der Waals surface area contributed by atoms with E-state index < -0.39 is 0 Å². The first kappa shape index (κ1) is 32.4. The molecule has 0 aliphatic heterocycles. The summed E-state index contributed by atoms with van der Waals surface area (Å²) in [7, 11) is 0. The van der Waals surface area contributed by atoms with Gasteiger partial charge in [-0.15, -0.1) is 0 Å². The molecule has 0 heterocycles. The zero-order chi connectivity index (χ0) is 32.4. The van der Waals surface area contributed by atoms with E-state index in [1.807, 2.05) is 53.7 Å². The molecule has 0 N–H and O–H groups in total. The smallest absolute Gasteiger partial charge is 0.193 e. The Kier molecular flexibility index (Phi) is 9.01. The summed E-state index contributed by atoms with van der Waals surface area (Å²) in [4.78, 5) is 41.2. The minimum Gasteiger partial charge on any atom is -0.488 e. The topological polar surface area (TPSA) is 69.7 Å². The molecule has 0 atom stereocenters. The van der Waals surface area contributed by atoms with Crippen LogP contribution in [-0.4, -0.2) is 28.6 Å². The van der Waals surface area contributed by atoms with Crippen molar-refractivity contribution in [2.45, 2.75) is 78.9 Å². The highest BCUT2D eigenvalue weighted by atomic mass is 16.5. The van der Waals surface area contributed by atoms with Crippen molar-refractivity contribution in [2.24, 2.45) is 0 Å². The maximum Gasteiger partial charge on any atom is 0.193 e. The molecular formula is C39H42O5. The van der Waals surface area contributed by atoms with Crippen LogP contribution in [0, 0.1) is 0 Å². The number of benzene rings is 4. The van der Waals surface area contributed by atoms with Gasteiger partial charge in [0.05, 0.1) is 0 Å². The van der Waals surface area contributed by atoms with Crippen LogP contribution in [0.2, 0.25) is 0 Å². The molecule has 0 aliphatic rings. The standard InChI is InChI=1S/C39H42O5/c1-37(2,3)31-16-10-25(11-17-31)34(40)28-22-29(35(41)26-12-18-32(19-13-26)43-38(4,5)6)24-30(23-28)36(42)27-14-20-33(21-15-27)44-39(7,8)9/h10-24H,1-9H3. The lowest BCUT2D eigenvalue weighted by molar-refractivity contribution is 0.103. The molecule has 0 amide bonds. The summed E-state index contributed by atoms with van der Waals surface area (Å²) in [6.07, 6.45) is 0. The number of hydrogen-bond donors (Lipinski definition) is 0. The third-order valence-electron chi connectivity index (χ3n) is 6.81. The predicted molar refractivity (Wildman–Crippen MR) is 176 cm³/mol. The molecule has 4 aromatic carbocycles. The second kappa shape index (κ2) is 12.2. The fraction of sp³-hybridized carbons (Fsp3) is 0.308. The second-order valence-electron chi connectivity index (χ2n) is 14.1. The third kappa shape index (κ3) is 8.31. The van der Waals surface area contributed by atoms with Crippen LogP contribution in [0.5, 0.6) is 11.5 Å². The van der Waals surface area contributed by atoms with Gasteiger partial charge in [-0.25, -0.2) is 0 Å². The number of carbonyl (C=O) groups excluding carboxylic acids is 3. The van der Waals surface area contributed by atoms with Gasteiger partial charge >= 0.3 is 0 Å². The fourth-order valence-corrected chi connectivity index (χ4v) is 4.70. The number of ether oxygens (including phenoxy) is 2. The average Bonchev–Trinajstić information content (AvgIpc) is 2.94. The van der Waals surface area contributed by atoms with Crippen molar-refractivity contribution in [3.8, 4) is 11.5 Å². The number of ketones is 3. The van der Waals surface area contributed by atoms with Gasteiger partial charge in [-0.1, -0.05) is 45.0 Å². The lowest BCUT2D eigenvalue weighted by atomic mass is 9.86. The Bertz CT molecular complexity index is 1570. The molecule has 0 saturated carbocycles. The van der Waals surface area contributed by atoms with Crippen molar-refractivity contribution >= 4 is 17.3 Å². The molecule has 0 bridgehead atoms. The van der Waals surface area contributed by atoms with Gasteiger partial charge in [0.15, 0.2) is 17.3 Å². The summed E-state index contributed by atoms with van der Waals surface area (Å²) >= 11 is 0. The molecule has 0 aliphatic carbocycles. The van der Waals surface area contributed by atoms with Crippen LogP contribution in [-0.2, 0) is 5.41 Å². The van der Waals surface area contributed by atoms with Gasteiger partial charge < -0.3 is 9.47 Å². The number of hydrogen-bond acceptors (Lipinski definition) is 5. The van der Waals surface area contributed by atoms with E-state index in [2.05, 4.69) is 20.8 Å². The Labute approximate surface area is 261 Å². The number of carbonyl (C=O) groups is 3. The molecule has 228 valence electrons. The van der Waals surface area contributed by atoms with Gasteiger partial charge in [0.25, 0.3) is 0 Å². The molecule has 4 rings (SSSR count). The summed E-state index contributed by atoms with van der Waals surface area (Å²) in [6.45, 7) is 18.1. The van der Waals surface area contributed by atoms with E-state index >= 15 is 0 Å². The second-order valence-corrected chi connectivity index (χ2v) is 14.1. The summed E-state index contributed by atoms with van der Waals surface area (Å²) in [6, 6.07) is 25.9. The molecule has 0 fully saturated rings. The third-order valence-corrected chi connectivity index (χ3v) is 6.81. The highest BCUT2D eigenvalue weighted by molar-refractivity contribution is 6.17. The van der Waals surface area contributed by atoms with Crippen LogP contribution < -0.4 is 9.47 Å². The van der Waals surface area contributed by atoms with E-state index in [1.54, 1.807) is 78.9 Å². The SMILES string of the molecule is CC(C)(C)Oc1ccc(C(=O)c2cc(C(=O)c3ccc(OC(C)(C)C)cc3)cc(C(=O)c3ccc(C(C)(C)C)cc3)c2)cc1. The van der Waals surface area contributed by atoms with Crippen molar-refractivity contribution in [1.82, 2.24) is 0 Å². The molecule has 44 heavy (non-hydrogen) atoms. The largest absolute Gasteiger partial charge is 0.488 e. The Morgan fingerprint density at radius 3 is 0.932 bits per heavy atom. The molecule has 0 unspecified atom stereocenters. The number of rotatable bonds is 8. The quantitative estimate of drug-likeness (QED) is 0.192. The lowest BCUT2D eigenvalue weighted by Gasteiger charge is -2.21. The highest BCUT2D eigenvalue weighted by Crippen LogP contribution is 2.26. The predicted octanol–water partition coefficient (Wildman–Crippen LogP) is 9.03. The van der Waals surface area contributed by atoms with Gasteiger partial charge in [0.2, 0.25) is 0 Å². The molecule has 0 saturated heterocycles. The van der Waals surface area contributed by atoms with Crippen LogP contribution in [0.15, 0.2) is 91.0 Å². The van der Waals surface area contributed by atoms with E-state index in [0.29, 0.717) is 28.2 Å².